The molecule has 0 aromatic heterocycles. The van der Waals surface area contributed by atoms with Gasteiger partial charge in [-0.25, -0.2) is 9.18 Å². The summed E-state index contributed by atoms with van der Waals surface area (Å²) in [4.78, 5) is 23.0. The number of benzene rings is 1. The van der Waals surface area contributed by atoms with E-state index in [1.54, 1.807) is 7.11 Å². The van der Waals surface area contributed by atoms with Crippen LogP contribution in [0.3, 0.4) is 0 Å². The monoisotopic (exact) mass is 323 g/mol. The van der Waals surface area contributed by atoms with Crippen molar-refractivity contribution in [3.05, 3.63) is 35.1 Å². The summed E-state index contributed by atoms with van der Waals surface area (Å²) in [5.74, 6) is -2.55. The Morgan fingerprint density at radius 3 is 2.61 bits per heavy atom. The first-order chi connectivity index (χ1) is 11.0. The third kappa shape index (κ3) is 4.28. The number of carboxylic acids is 1. The van der Waals surface area contributed by atoms with Crippen LogP contribution in [0.5, 0.6) is 0 Å². The summed E-state index contributed by atoms with van der Waals surface area (Å²) in [5.41, 5.74) is -0.287. The number of nitrogens with one attached hydrogen (secondary N) is 1. The fraction of sp³-hybridized carbons (Fsp3) is 0.529. The molecule has 1 fully saturated rings. The quantitative estimate of drug-likeness (QED) is 0.809. The number of hydrogen-bond donors (Lipinski definition) is 2. The number of carboxylic acid groups (broad SMARTS) is 1. The third-order valence-electron chi connectivity index (χ3n) is 4.59. The molecule has 6 heteroatoms. The van der Waals surface area contributed by atoms with Crippen LogP contribution < -0.4 is 5.32 Å². The maximum atomic E-state index is 13.9. The summed E-state index contributed by atoms with van der Waals surface area (Å²) in [6.07, 6.45) is 5.17. The summed E-state index contributed by atoms with van der Waals surface area (Å²) in [6.45, 7) is 1.12. The maximum Gasteiger partial charge on any atom is 0.335 e. The zero-order valence-corrected chi connectivity index (χ0v) is 13.2. The van der Waals surface area contributed by atoms with Crippen LogP contribution >= 0.6 is 0 Å². The number of methoxy groups -OCH3 is 1. The number of hydrogen-bond acceptors (Lipinski definition) is 3. The molecule has 0 unspecified atom stereocenters. The molecule has 1 saturated carbocycles. The molecule has 1 aliphatic carbocycles. The Bertz CT molecular complexity index is 582. The lowest BCUT2D eigenvalue weighted by Gasteiger charge is -2.29. The van der Waals surface area contributed by atoms with Crippen LogP contribution in [0.2, 0.25) is 0 Å². The van der Waals surface area contributed by atoms with E-state index < -0.39 is 17.7 Å². The van der Waals surface area contributed by atoms with Gasteiger partial charge in [-0.2, -0.15) is 0 Å². The molecule has 2 N–H and O–H groups in total. The highest BCUT2D eigenvalue weighted by atomic mass is 19.1. The van der Waals surface area contributed by atoms with Crippen LogP contribution in [0.25, 0.3) is 0 Å². The second-order valence-electron chi connectivity index (χ2n) is 6.13. The van der Waals surface area contributed by atoms with Crippen molar-refractivity contribution in [2.75, 3.05) is 20.3 Å². The standard InChI is InChI=1S/C17H22FNO4/c1-23-9-8-17(6-2-3-7-17)11-19-15(20)13-5-4-12(16(21)22)10-14(13)18/h4-5,10H,2-3,6-9,11H2,1H3,(H,19,20)(H,21,22). The maximum absolute atomic E-state index is 13.9. The van der Waals surface area contributed by atoms with E-state index in [-0.39, 0.29) is 16.5 Å². The number of aromatic carboxylic acids is 1. The van der Waals surface area contributed by atoms with Crippen LogP contribution in [-0.4, -0.2) is 37.2 Å². The van der Waals surface area contributed by atoms with Crippen molar-refractivity contribution in [1.82, 2.24) is 5.32 Å². The number of carbonyl (C=O) groups excluding carboxylic acids is 1. The van der Waals surface area contributed by atoms with Gasteiger partial charge >= 0.3 is 5.97 Å². The molecule has 23 heavy (non-hydrogen) atoms. The number of halogens is 1. The summed E-state index contributed by atoms with van der Waals surface area (Å²) < 4.78 is 19.1. The van der Waals surface area contributed by atoms with Gasteiger partial charge in [0, 0.05) is 20.3 Å². The van der Waals surface area contributed by atoms with E-state index in [9.17, 15) is 14.0 Å². The SMILES string of the molecule is COCCC1(CNC(=O)c2ccc(C(=O)O)cc2F)CCCC1. The highest BCUT2D eigenvalue weighted by Crippen LogP contribution is 2.40. The van der Waals surface area contributed by atoms with Crippen molar-refractivity contribution in [3.8, 4) is 0 Å². The molecule has 2 rings (SSSR count). The Balaban J connectivity index is 2.02. The first kappa shape index (κ1) is 17.4. The van der Waals surface area contributed by atoms with Gasteiger partial charge in [0.05, 0.1) is 11.1 Å². The van der Waals surface area contributed by atoms with Gasteiger partial charge in [-0.15, -0.1) is 0 Å². The molecule has 0 spiro atoms. The highest BCUT2D eigenvalue weighted by Gasteiger charge is 2.34. The van der Waals surface area contributed by atoms with Gasteiger partial charge in [0.1, 0.15) is 5.82 Å². The van der Waals surface area contributed by atoms with E-state index in [0.29, 0.717) is 13.2 Å². The zero-order chi connectivity index (χ0) is 16.9. The molecule has 5 nitrogen and oxygen atoms in total. The van der Waals surface area contributed by atoms with Crippen LogP contribution in [0.15, 0.2) is 18.2 Å². The van der Waals surface area contributed by atoms with E-state index in [0.717, 1.165) is 38.2 Å². The molecule has 0 heterocycles. The molecule has 1 aromatic carbocycles. The van der Waals surface area contributed by atoms with E-state index in [1.165, 1.54) is 12.1 Å². The van der Waals surface area contributed by atoms with Crippen molar-refractivity contribution in [2.45, 2.75) is 32.1 Å². The summed E-state index contributed by atoms with van der Waals surface area (Å²) >= 11 is 0. The molecule has 126 valence electrons. The molecule has 1 amide bonds. The summed E-state index contributed by atoms with van der Waals surface area (Å²) in [7, 11) is 1.65. The Labute approximate surface area is 134 Å². The molecular weight excluding hydrogens is 301 g/mol. The predicted molar refractivity (Wildman–Crippen MR) is 83.1 cm³/mol. The van der Waals surface area contributed by atoms with Crippen LogP contribution in [0.1, 0.15) is 52.8 Å². The largest absolute Gasteiger partial charge is 0.478 e. The lowest BCUT2D eigenvalue weighted by molar-refractivity contribution is 0.0695. The van der Waals surface area contributed by atoms with E-state index in [2.05, 4.69) is 5.32 Å². The molecule has 1 aliphatic rings. The van der Waals surface area contributed by atoms with Crippen molar-refractivity contribution in [1.29, 1.82) is 0 Å². The average molecular weight is 323 g/mol. The van der Waals surface area contributed by atoms with E-state index in [1.807, 2.05) is 0 Å². The molecule has 0 radical (unpaired) electrons. The Morgan fingerprint density at radius 2 is 2.04 bits per heavy atom. The number of amides is 1. The second kappa shape index (κ2) is 7.55. The van der Waals surface area contributed by atoms with Crippen LogP contribution in [0.4, 0.5) is 4.39 Å². The van der Waals surface area contributed by atoms with Gasteiger partial charge in [0.25, 0.3) is 5.91 Å². The topological polar surface area (TPSA) is 75.6 Å². The van der Waals surface area contributed by atoms with Crippen LogP contribution in [-0.2, 0) is 4.74 Å². The third-order valence-corrected chi connectivity index (χ3v) is 4.59. The predicted octanol–water partition coefficient (Wildman–Crippen LogP) is 2.85. The fourth-order valence-corrected chi connectivity index (χ4v) is 3.15. The number of carbonyl (C=O) groups is 2. The molecule has 1 aromatic rings. The lowest BCUT2D eigenvalue weighted by Crippen LogP contribution is -2.37. The van der Waals surface area contributed by atoms with Crippen LogP contribution in [0, 0.1) is 11.2 Å². The van der Waals surface area contributed by atoms with Gasteiger partial charge in [0.2, 0.25) is 0 Å². The van der Waals surface area contributed by atoms with Crippen molar-refractivity contribution < 1.29 is 23.8 Å². The minimum Gasteiger partial charge on any atom is -0.478 e. The minimum absolute atomic E-state index is 0.0170. The van der Waals surface area contributed by atoms with E-state index >= 15 is 0 Å². The number of ether oxygens (including phenoxy) is 1. The Kier molecular flexibility index (Phi) is 5.71. The molecular formula is C17H22FNO4. The van der Waals surface area contributed by atoms with Crippen molar-refractivity contribution in [3.63, 3.8) is 0 Å². The Morgan fingerprint density at radius 1 is 1.35 bits per heavy atom. The highest BCUT2D eigenvalue weighted by molar-refractivity contribution is 5.96. The normalized spacial score (nSPS) is 16.3. The average Bonchev–Trinajstić information content (AvgIpc) is 3.00. The second-order valence-corrected chi connectivity index (χ2v) is 6.13. The van der Waals surface area contributed by atoms with Gasteiger partial charge in [0.15, 0.2) is 0 Å². The molecule has 0 bridgehead atoms. The zero-order valence-electron chi connectivity index (χ0n) is 13.2. The lowest BCUT2D eigenvalue weighted by atomic mass is 9.83. The fourth-order valence-electron chi connectivity index (χ4n) is 3.15. The minimum atomic E-state index is -1.22. The summed E-state index contributed by atoms with van der Waals surface area (Å²) in [5, 5.41) is 11.6. The van der Waals surface area contributed by atoms with Gasteiger partial charge in [-0.05, 0) is 42.9 Å². The molecule has 0 saturated heterocycles. The summed E-state index contributed by atoms with van der Waals surface area (Å²) in [6, 6.07) is 3.31. The smallest absolute Gasteiger partial charge is 0.335 e. The van der Waals surface area contributed by atoms with Gasteiger partial charge in [-0.1, -0.05) is 12.8 Å². The Hall–Kier alpha value is -1.95. The van der Waals surface area contributed by atoms with E-state index in [4.69, 9.17) is 9.84 Å². The molecule has 0 atom stereocenters. The van der Waals surface area contributed by atoms with Gasteiger partial charge < -0.3 is 15.2 Å². The molecule has 0 aliphatic heterocycles. The number of rotatable bonds is 7. The first-order valence-corrected chi connectivity index (χ1v) is 7.77. The van der Waals surface area contributed by atoms with Crippen molar-refractivity contribution in [2.24, 2.45) is 5.41 Å². The first-order valence-electron chi connectivity index (χ1n) is 7.77. The van der Waals surface area contributed by atoms with Gasteiger partial charge in [-0.3, -0.25) is 4.79 Å². The van der Waals surface area contributed by atoms with Crippen molar-refractivity contribution >= 4 is 11.9 Å².